The van der Waals surface area contributed by atoms with Gasteiger partial charge in [0.05, 0.1) is 12.5 Å². The van der Waals surface area contributed by atoms with Crippen LogP contribution in [0.15, 0.2) is 28.8 Å². The van der Waals surface area contributed by atoms with Crippen molar-refractivity contribution in [1.82, 2.24) is 10.1 Å². The number of hydrogen-bond donors (Lipinski definition) is 1. The molecule has 1 fully saturated rings. The van der Waals surface area contributed by atoms with Gasteiger partial charge in [-0.1, -0.05) is 47.8 Å². The average Bonchev–Trinajstić information content (AvgIpc) is 3.10. The van der Waals surface area contributed by atoms with Gasteiger partial charge in [-0.3, -0.25) is 0 Å². The van der Waals surface area contributed by atoms with Gasteiger partial charge in [-0.15, -0.1) is 0 Å². The molecule has 0 spiro atoms. The Bertz CT molecular complexity index is 556. The first kappa shape index (κ1) is 13.3. The Morgan fingerprint density at radius 1 is 1.25 bits per heavy atom. The van der Waals surface area contributed by atoms with Crippen molar-refractivity contribution in [2.75, 3.05) is 0 Å². The molecule has 0 aliphatic heterocycles. The molecule has 4 heteroatoms. The van der Waals surface area contributed by atoms with Crippen LogP contribution in [-0.4, -0.2) is 21.4 Å². The number of aliphatic hydroxyl groups excluding tert-OH is 1. The standard InChI is InChI=1S/C16H20N2O2/c1-11-6-8-13(9-7-11)16-17-15(20-18-16)10-14(19)12-4-2-3-5-12/h6-9,12,14,19H,2-5,10H2,1H3. The van der Waals surface area contributed by atoms with E-state index in [-0.39, 0.29) is 6.10 Å². The molecule has 1 saturated carbocycles. The lowest BCUT2D eigenvalue weighted by atomic mass is 9.98. The summed E-state index contributed by atoms with van der Waals surface area (Å²) >= 11 is 0. The monoisotopic (exact) mass is 272 g/mol. The fourth-order valence-corrected chi connectivity index (χ4v) is 2.85. The Morgan fingerprint density at radius 2 is 1.95 bits per heavy atom. The molecule has 1 aromatic carbocycles. The topological polar surface area (TPSA) is 59.2 Å². The molecule has 0 amide bonds. The lowest BCUT2D eigenvalue weighted by Crippen LogP contribution is -2.20. The van der Waals surface area contributed by atoms with Gasteiger partial charge in [-0.2, -0.15) is 4.98 Å². The second-order valence-corrected chi connectivity index (χ2v) is 5.69. The molecule has 1 heterocycles. The summed E-state index contributed by atoms with van der Waals surface area (Å²) in [6, 6.07) is 8.02. The minimum absolute atomic E-state index is 0.358. The molecule has 20 heavy (non-hydrogen) atoms. The third-order valence-corrected chi connectivity index (χ3v) is 4.11. The molecule has 1 N–H and O–H groups in total. The lowest BCUT2D eigenvalue weighted by Gasteiger charge is -2.14. The molecule has 2 aromatic rings. The van der Waals surface area contributed by atoms with Crippen molar-refractivity contribution in [2.24, 2.45) is 5.92 Å². The zero-order valence-electron chi connectivity index (χ0n) is 11.7. The Labute approximate surface area is 118 Å². The van der Waals surface area contributed by atoms with E-state index in [4.69, 9.17) is 4.52 Å². The minimum atomic E-state index is -0.358. The molecule has 0 bridgehead atoms. The number of benzene rings is 1. The molecule has 1 aliphatic carbocycles. The van der Waals surface area contributed by atoms with Crippen LogP contribution >= 0.6 is 0 Å². The van der Waals surface area contributed by atoms with Crippen molar-refractivity contribution in [3.05, 3.63) is 35.7 Å². The summed E-state index contributed by atoms with van der Waals surface area (Å²) in [4.78, 5) is 4.38. The number of rotatable bonds is 4. The van der Waals surface area contributed by atoms with E-state index in [0.29, 0.717) is 24.1 Å². The SMILES string of the molecule is Cc1ccc(-c2noc(CC(O)C3CCCC3)n2)cc1. The average molecular weight is 272 g/mol. The van der Waals surface area contributed by atoms with Crippen LogP contribution in [-0.2, 0) is 6.42 Å². The predicted molar refractivity (Wildman–Crippen MR) is 76.1 cm³/mol. The van der Waals surface area contributed by atoms with Crippen LogP contribution in [0.25, 0.3) is 11.4 Å². The quantitative estimate of drug-likeness (QED) is 0.929. The molecule has 1 unspecified atom stereocenters. The van der Waals surface area contributed by atoms with Gasteiger partial charge < -0.3 is 9.63 Å². The van der Waals surface area contributed by atoms with E-state index < -0.39 is 0 Å². The van der Waals surface area contributed by atoms with Crippen LogP contribution in [0.3, 0.4) is 0 Å². The van der Waals surface area contributed by atoms with Crippen LogP contribution in [0.4, 0.5) is 0 Å². The van der Waals surface area contributed by atoms with Gasteiger partial charge in [0.1, 0.15) is 0 Å². The van der Waals surface area contributed by atoms with Crippen molar-refractivity contribution >= 4 is 0 Å². The molecule has 0 radical (unpaired) electrons. The molecule has 4 nitrogen and oxygen atoms in total. The zero-order valence-corrected chi connectivity index (χ0v) is 11.7. The molecule has 0 saturated heterocycles. The summed E-state index contributed by atoms with van der Waals surface area (Å²) in [5.41, 5.74) is 2.15. The summed E-state index contributed by atoms with van der Waals surface area (Å²) in [5, 5.41) is 14.2. The summed E-state index contributed by atoms with van der Waals surface area (Å²) in [6.45, 7) is 2.05. The summed E-state index contributed by atoms with van der Waals surface area (Å²) in [5.74, 6) is 1.52. The van der Waals surface area contributed by atoms with Gasteiger partial charge in [0.15, 0.2) is 0 Å². The first-order valence-corrected chi connectivity index (χ1v) is 7.30. The normalized spacial score (nSPS) is 17.5. The first-order chi connectivity index (χ1) is 9.72. The molecular formula is C16H20N2O2. The lowest BCUT2D eigenvalue weighted by molar-refractivity contribution is 0.102. The molecular weight excluding hydrogens is 252 g/mol. The van der Waals surface area contributed by atoms with E-state index in [0.717, 1.165) is 18.4 Å². The second-order valence-electron chi connectivity index (χ2n) is 5.69. The number of aryl methyl sites for hydroxylation is 1. The Kier molecular flexibility index (Phi) is 3.83. The van der Waals surface area contributed by atoms with Gasteiger partial charge in [0.2, 0.25) is 11.7 Å². The van der Waals surface area contributed by atoms with E-state index in [1.54, 1.807) is 0 Å². The van der Waals surface area contributed by atoms with E-state index in [1.807, 2.05) is 31.2 Å². The van der Waals surface area contributed by atoms with E-state index in [2.05, 4.69) is 10.1 Å². The molecule has 3 rings (SSSR count). The Hall–Kier alpha value is -1.68. The number of aliphatic hydroxyl groups is 1. The highest BCUT2D eigenvalue weighted by atomic mass is 16.5. The maximum Gasteiger partial charge on any atom is 0.229 e. The smallest absolute Gasteiger partial charge is 0.229 e. The second kappa shape index (κ2) is 5.75. The van der Waals surface area contributed by atoms with E-state index >= 15 is 0 Å². The minimum Gasteiger partial charge on any atom is -0.392 e. The predicted octanol–water partition coefficient (Wildman–Crippen LogP) is 3.14. The fraction of sp³-hybridized carbons (Fsp3) is 0.500. The maximum atomic E-state index is 10.2. The number of nitrogens with zero attached hydrogens (tertiary/aromatic N) is 2. The third-order valence-electron chi connectivity index (χ3n) is 4.11. The van der Waals surface area contributed by atoms with E-state index in [9.17, 15) is 5.11 Å². The first-order valence-electron chi connectivity index (χ1n) is 7.30. The Balaban J connectivity index is 1.68. The van der Waals surface area contributed by atoms with Crippen molar-refractivity contribution in [3.8, 4) is 11.4 Å². The molecule has 1 aromatic heterocycles. The highest BCUT2D eigenvalue weighted by molar-refractivity contribution is 5.54. The Morgan fingerprint density at radius 3 is 2.65 bits per heavy atom. The maximum absolute atomic E-state index is 10.2. The molecule has 1 atom stereocenters. The molecule has 1 aliphatic rings. The summed E-state index contributed by atoms with van der Waals surface area (Å²) in [6.07, 6.45) is 4.77. The van der Waals surface area contributed by atoms with Crippen molar-refractivity contribution in [1.29, 1.82) is 0 Å². The van der Waals surface area contributed by atoms with Gasteiger partial charge >= 0.3 is 0 Å². The van der Waals surface area contributed by atoms with Gasteiger partial charge in [-0.25, -0.2) is 0 Å². The van der Waals surface area contributed by atoms with Gasteiger partial charge in [0.25, 0.3) is 0 Å². The van der Waals surface area contributed by atoms with Crippen molar-refractivity contribution < 1.29 is 9.63 Å². The van der Waals surface area contributed by atoms with Crippen LogP contribution in [0.2, 0.25) is 0 Å². The number of aromatic nitrogens is 2. The van der Waals surface area contributed by atoms with Crippen LogP contribution in [0.5, 0.6) is 0 Å². The van der Waals surface area contributed by atoms with Crippen LogP contribution < -0.4 is 0 Å². The third kappa shape index (κ3) is 2.90. The zero-order chi connectivity index (χ0) is 13.9. The summed E-state index contributed by atoms with van der Waals surface area (Å²) < 4.78 is 5.26. The summed E-state index contributed by atoms with van der Waals surface area (Å²) in [7, 11) is 0. The van der Waals surface area contributed by atoms with Gasteiger partial charge in [0, 0.05) is 5.56 Å². The molecule has 106 valence electrons. The van der Waals surface area contributed by atoms with Crippen LogP contribution in [0.1, 0.15) is 37.1 Å². The highest BCUT2D eigenvalue weighted by Gasteiger charge is 2.25. The van der Waals surface area contributed by atoms with Crippen molar-refractivity contribution in [3.63, 3.8) is 0 Å². The van der Waals surface area contributed by atoms with E-state index in [1.165, 1.54) is 18.4 Å². The largest absolute Gasteiger partial charge is 0.392 e. The van der Waals surface area contributed by atoms with Crippen LogP contribution in [0, 0.1) is 12.8 Å². The van der Waals surface area contributed by atoms with Gasteiger partial charge in [-0.05, 0) is 25.7 Å². The highest BCUT2D eigenvalue weighted by Crippen LogP contribution is 2.29. The van der Waals surface area contributed by atoms with Crippen molar-refractivity contribution in [2.45, 2.75) is 45.1 Å². The fourth-order valence-electron chi connectivity index (χ4n) is 2.85. The number of hydrogen-bond acceptors (Lipinski definition) is 4.